The van der Waals surface area contributed by atoms with Gasteiger partial charge in [-0.3, -0.25) is 4.79 Å². The van der Waals surface area contributed by atoms with Crippen molar-refractivity contribution in [3.05, 3.63) is 15.8 Å². The van der Waals surface area contributed by atoms with Crippen molar-refractivity contribution in [2.24, 2.45) is 11.8 Å². The van der Waals surface area contributed by atoms with Gasteiger partial charge < -0.3 is 5.32 Å². The number of nitrogens with one attached hydrogen (secondary N) is 1. The lowest BCUT2D eigenvalue weighted by atomic mass is 9.95. The van der Waals surface area contributed by atoms with Crippen molar-refractivity contribution < 1.29 is 13.2 Å². The van der Waals surface area contributed by atoms with Crippen LogP contribution in [-0.4, -0.2) is 20.4 Å². The molecule has 110 valence electrons. The monoisotopic (exact) mass is 333 g/mol. The van der Waals surface area contributed by atoms with Crippen LogP contribution in [0.25, 0.3) is 0 Å². The molecule has 1 N–H and O–H groups in total. The Bertz CT molecular complexity index is 653. The van der Waals surface area contributed by atoms with E-state index in [0.29, 0.717) is 15.7 Å². The Kier molecular flexibility index (Phi) is 3.59. The van der Waals surface area contributed by atoms with Crippen molar-refractivity contribution in [2.45, 2.75) is 43.5 Å². The molecule has 3 rings (SSSR count). The SMILES string of the molecule is Cc1sc(C(=O)NC2CC3CCC2C3)cc1S(=O)(=O)Cl. The molecular weight excluding hydrogens is 318 g/mol. The van der Waals surface area contributed by atoms with E-state index in [0.717, 1.165) is 12.3 Å². The summed E-state index contributed by atoms with van der Waals surface area (Å²) in [5.74, 6) is 1.18. The predicted octanol–water partition coefficient (Wildman–Crippen LogP) is 2.90. The first-order valence-corrected chi connectivity index (χ1v) is 9.83. The fourth-order valence-corrected chi connectivity index (χ4v) is 6.05. The number of amides is 1. The number of carbonyl (C=O) groups is 1. The highest BCUT2D eigenvalue weighted by atomic mass is 35.7. The highest BCUT2D eigenvalue weighted by Crippen LogP contribution is 2.44. The van der Waals surface area contributed by atoms with Crippen molar-refractivity contribution in [1.82, 2.24) is 5.32 Å². The smallest absolute Gasteiger partial charge is 0.262 e. The van der Waals surface area contributed by atoms with Crippen LogP contribution in [0.2, 0.25) is 0 Å². The Morgan fingerprint density at radius 3 is 2.65 bits per heavy atom. The number of thiophene rings is 1. The molecule has 3 unspecified atom stereocenters. The summed E-state index contributed by atoms with van der Waals surface area (Å²) in [5.41, 5.74) is 0. The maximum Gasteiger partial charge on any atom is 0.262 e. The average Bonchev–Trinajstić information content (AvgIpc) is 3.01. The minimum Gasteiger partial charge on any atom is -0.348 e. The molecule has 0 saturated heterocycles. The summed E-state index contributed by atoms with van der Waals surface area (Å²) in [4.78, 5) is 13.2. The van der Waals surface area contributed by atoms with Gasteiger partial charge in [-0.05, 0) is 44.1 Å². The van der Waals surface area contributed by atoms with Crippen molar-refractivity contribution in [1.29, 1.82) is 0 Å². The first-order chi connectivity index (χ1) is 9.34. The van der Waals surface area contributed by atoms with Gasteiger partial charge in [-0.1, -0.05) is 6.42 Å². The molecule has 0 radical (unpaired) electrons. The molecule has 4 nitrogen and oxygen atoms in total. The number of aryl methyl sites for hydroxylation is 1. The van der Waals surface area contributed by atoms with E-state index < -0.39 is 9.05 Å². The summed E-state index contributed by atoms with van der Waals surface area (Å²) in [5, 5.41) is 3.05. The number of rotatable bonds is 3. The predicted molar refractivity (Wildman–Crippen MR) is 78.8 cm³/mol. The molecule has 2 aliphatic rings. The van der Waals surface area contributed by atoms with Crippen LogP contribution in [-0.2, 0) is 9.05 Å². The van der Waals surface area contributed by atoms with Gasteiger partial charge in [-0.25, -0.2) is 8.42 Å². The molecule has 2 fully saturated rings. The molecule has 0 aliphatic heterocycles. The fourth-order valence-electron chi connectivity index (χ4n) is 3.48. The van der Waals surface area contributed by atoms with E-state index in [1.54, 1.807) is 6.92 Å². The molecule has 0 aromatic carbocycles. The van der Waals surface area contributed by atoms with E-state index in [1.807, 2.05) is 0 Å². The van der Waals surface area contributed by atoms with Gasteiger partial charge in [0, 0.05) is 21.6 Å². The summed E-state index contributed by atoms with van der Waals surface area (Å²) in [6, 6.07) is 1.63. The number of halogens is 1. The maximum absolute atomic E-state index is 12.2. The summed E-state index contributed by atoms with van der Waals surface area (Å²) in [6.07, 6.45) is 4.75. The Hall–Kier alpha value is -0.590. The molecule has 3 atom stereocenters. The Labute approximate surface area is 126 Å². The van der Waals surface area contributed by atoms with Crippen LogP contribution in [0.3, 0.4) is 0 Å². The quantitative estimate of drug-likeness (QED) is 0.865. The zero-order chi connectivity index (χ0) is 14.5. The van der Waals surface area contributed by atoms with Gasteiger partial charge in [-0.2, -0.15) is 0 Å². The first kappa shape index (κ1) is 14.4. The van der Waals surface area contributed by atoms with Crippen molar-refractivity contribution in [2.75, 3.05) is 0 Å². The standard InChI is InChI=1S/C13H16ClNO3S2/c1-7-12(20(14,17)18)6-11(19-7)13(16)15-10-5-8-2-3-9(10)4-8/h6,8-10H,2-5H2,1H3,(H,15,16). The average molecular weight is 334 g/mol. The highest BCUT2D eigenvalue weighted by molar-refractivity contribution is 8.13. The molecule has 20 heavy (non-hydrogen) atoms. The van der Waals surface area contributed by atoms with Crippen molar-refractivity contribution in [3.8, 4) is 0 Å². The van der Waals surface area contributed by atoms with Crippen LogP contribution >= 0.6 is 22.0 Å². The van der Waals surface area contributed by atoms with E-state index in [-0.39, 0.29) is 16.8 Å². The van der Waals surface area contributed by atoms with Gasteiger partial charge in [0.1, 0.15) is 0 Å². The molecule has 0 spiro atoms. The molecule has 1 amide bonds. The van der Waals surface area contributed by atoms with Crippen LogP contribution in [0.4, 0.5) is 0 Å². The highest BCUT2D eigenvalue weighted by Gasteiger charge is 2.40. The molecule has 2 aliphatic carbocycles. The third-order valence-corrected chi connectivity index (χ3v) is 7.04. The van der Waals surface area contributed by atoms with Gasteiger partial charge in [0.15, 0.2) is 0 Å². The minimum atomic E-state index is -3.78. The normalized spacial score (nSPS) is 28.8. The minimum absolute atomic E-state index is 0.0438. The van der Waals surface area contributed by atoms with Gasteiger partial charge >= 0.3 is 0 Å². The van der Waals surface area contributed by atoms with E-state index in [2.05, 4.69) is 5.32 Å². The van der Waals surface area contributed by atoms with Gasteiger partial charge in [-0.15, -0.1) is 11.3 Å². The zero-order valence-electron chi connectivity index (χ0n) is 11.1. The Morgan fingerprint density at radius 2 is 2.15 bits per heavy atom. The van der Waals surface area contributed by atoms with E-state index in [1.165, 1.54) is 36.7 Å². The van der Waals surface area contributed by atoms with E-state index in [9.17, 15) is 13.2 Å². The summed E-state index contributed by atoms with van der Waals surface area (Å²) in [6.45, 7) is 1.66. The number of carbonyl (C=O) groups excluding carboxylic acids is 1. The Morgan fingerprint density at radius 1 is 1.40 bits per heavy atom. The first-order valence-electron chi connectivity index (χ1n) is 6.70. The second-order valence-electron chi connectivity index (χ2n) is 5.72. The van der Waals surface area contributed by atoms with Crippen LogP contribution in [0, 0.1) is 18.8 Å². The zero-order valence-corrected chi connectivity index (χ0v) is 13.4. The third-order valence-electron chi connectivity index (χ3n) is 4.41. The van der Waals surface area contributed by atoms with Gasteiger partial charge in [0.05, 0.1) is 9.77 Å². The van der Waals surface area contributed by atoms with E-state index in [4.69, 9.17) is 10.7 Å². The lowest BCUT2D eigenvalue weighted by Crippen LogP contribution is -2.38. The molecule has 1 aromatic heterocycles. The molecule has 2 saturated carbocycles. The summed E-state index contributed by atoms with van der Waals surface area (Å²) < 4.78 is 22.8. The van der Waals surface area contributed by atoms with Crippen molar-refractivity contribution >= 4 is 37.0 Å². The van der Waals surface area contributed by atoms with Gasteiger partial charge in [0.25, 0.3) is 15.0 Å². The molecular formula is C13H16ClNO3S2. The van der Waals surface area contributed by atoms with E-state index >= 15 is 0 Å². The summed E-state index contributed by atoms with van der Waals surface area (Å²) >= 11 is 1.18. The van der Waals surface area contributed by atoms with Crippen LogP contribution in [0.15, 0.2) is 11.0 Å². The Balaban J connectivity index is 1.75. The third kappa shape index (κ3) is 2.61. The topological polar surface area (TPSA) is 63.2 Å². The molecule has 7 heteroatoms. The van der Waals surface area contributed by atoms with Gasteiger partial charge in [0.2, 0.25) is 0 Å². The maximum atomic E-state index is 12.2. The molecule has 2 bridgehead atoms. The lowest BCUT2D eigenvalue weighted by Gasteiger charge is -2.22. The number of hydrogen-bond acceptors (Lipinski definition) is 4. The second-order valence-corrected chi connectivity index (χ2v) is 9.51. The molecule has 1 heterocycles. The van der Waals surface area contributed by atoms with Crippen molar-refractivity contribution in [3.63, 3.8) is 0 Å². The summed E-state index contributed by atoms with van der Waals surface area (Å²) in [7, 11) is 1.57. The lowest BCUT2D eigenvalue weighted by molar-refractivity contribution is 0.0927. The number of fused-ring (bicyclic) bond motifs is 2. The second kappa shape index (κ2) is 5.00. The largest absolute Gasteiger partial charge is 0.348 e. The van der Waals surface area contributed by atoms with Crippen LogP contribution in [0.5, 0.6) is 0 Å². The van der Waals surface area contributed by atoms with Crippen LogP contribution < -0.4 is 5.32 Å². The van der Waals surface area contributed by atoms with Crippen LogP contribution in [0.1, 0.15) is 40.2 Å². The molecule has 1 aromatic rings. The fraction of sp³-hybridized carbons (Fsp3) is 0.615. The number of hydrogen-bond donors (Lipinski definition) is 1.